The van der Waals surface area contributed by atoms with E-state index < -0.39 is 24.2 Å². The molecule has 0 radical (unpaired) electrons. The number of hydrogen-bond acceptors (Lipinski definition) is 4. The maximum Gasteiger partial charge on any atom is 0.410 e. The van der Waals surface area contributed by atoms with Crippen LogP contribution in [0.5, 0.6) is 0 Å². The Hall–Kier alpha value is -2.04. The Morgan fingerprint density at radius 1 is 1.37 bits per heavy atom. The molecule has 2 aromatic heterocycles. The van der Waals surface area contributed by atoms with Gasteiger partial charge in [0.2, 0.25) is 0 Å². The van der Waals surface area contributed by atoms with Gasteiger partial charge in [0.25, 0.3) is 5.91 Å². The number of alkyl halides is 3. The highest BCUT2D eigenvalue weighted by atomic mass is 79.9. The monoisotopic (exact) mass is 518 g/mol. The maximum absolute atomic E-state index is 13.8. The van der Waals surface area contributed by atoms with E-state index in [9.17, 15) is 18.0 Å². The number of anilines is 2. The Balaban J connectivity index is 1.71. The van der Waals surface area contributed by atoms with Gasteiger partial charge in [-0.25, -0.2) is 4.68 Å². The zero-order valence-corrected chi connectivity index (χ0v) is 18.6. The smallest absolute Gasteiger partial charge is 0.362 e. The highest BCUT2D eigenvalue weighted by Gasteiger charge is 2.48. The predicted octanol–water partition coefficient (Wildman–Crippen LogP) is 6.58. The van der Waals surface area contributed by atoms with Gasteiger partial charge in [0, 0.05) is 22.0 Å². The van der Waals surface area contributed by atoms with Crippen LogP contribution >= 0.6 is 38.9 Å². The van der Waals surface area contributed by atoms with Crippen LogP contribution in [-0.4, -0.2) is 21.9 Å². The van der Waals surface area contributed by atoms with E-state index in [0.717, 1.165) is 9.56 Å². The Morgan fingerprint density at radius 3 is 2.80 bits per heavy atom. The average molecular weight is 520 g/mol. The van der Waals surface area contributed by atoms with E-state index in [2.05, 4.69) is 31.7 Å². The molecule has 4 rings (SSSR count). The Morgan fingerprint density at radius 2 is 2.13 bits per heavy atom. The largest absolute Gasteiger partial charge is 0.410 e. The van der Waals surface area contributed by atoms with Crippen molar-refractivity contribution < 1.29 is 18.0 Å². The normalized spacial score (nSPS) is 18.6. The molecule has 0 unspecified atom stereocenters. The van der Waals surface area contributed by atoms with Crippen LogP contribution in [0.15, 0.2) is 40.2 Å². The molecule has 1 aliphatic rings. The maximum atomic E-state index is 13.8. The molecule has 1 aromatic carbocycles. The summed E-state index contributed by atoms with van der Waals surface area (Å²) in [4.78, 5) is 13.6. The zero-order chi connectivity index (χ0) is 21.6. The van der Waals surface area contributed by atoms with E-state index in [0.29, 0.717) is 16.3 Å². The van der Waals surface area contributed by atoms with Crippen molar-refractivity contribution >= 4 is 56.3 Å². The molecule has 0 bridgehead atoms. The van der Waals surface area contributed by atoms with Gasteiger partial charge in [-0.2, -0.15) is 18.3 Å². The summed E-state index contributed by atoms with van der Waals surface area (Å²) in [5.74, 6) is -0.514. The van der Waals surface area contributed by atoms with Crippen molar-refractivity contribution in [2.24, 2.45) is 0 Å². The van der Waals surface area contributed by atoms with Crippen molar-refractivity contribution in [2.75, 3.05) is 10.6 Å². The van der Waals surface area contributed by atoms with Crippen LogP contribution in [0.25, 0.3) is 0 Å². The van der Waals surface area contributed by atoms with Crippen molar-refractivity contribution in [2.45, 2.75) is 31.6 Å². The molecular weight excluding hydrogens is 505 g/mol. The minimum atomic E-state index is -4.52. The first-order valence-electron chi connectivity index (χ1n) is 8.88. The summed E-state index contributed by atoms with van der Waals surface area (Å²) >= 11 is 10.7. The van der Waals surface area contributed by atoms with Crippen molar-refractivity contribution in [3.05, 3.63) is 61.3 Å². The molecule has 0 fully saturated rings. The lowest BCUT2D eigenvalue weighted by atomic mass is 10.0. The fourth-order valence-corrected chi connectivity index (χ4v) is 4.86. The highest BCUT2D eigenvalue weighted by Crippen LogP contribution is 2.47. The molecule has 2 N–H and O–H groups in total. The first kappa shape index (κ1) is 21.2. The SMILES string of the molecule is Cc1c(Cl)cccc1NC(=O)c1nn2c(c1Br)N[C@@H](c1cccs1)C[C@@H]2C(F)(F)F. The molecule has 1 amide bonds. The second-order valence-corrected chi connectivity index (χ2v) is 9.01. The number of fused-ring (bicyclic) bond motifs is 1. The topological polar surface area (TPSA) is 59.0 Å². The molecule has 0 saturated heterocycles. The number of nitrogens with zero attached hydrogens (tertiary/aromatic N) is 2. The summed E-state index contributed by atoms with van der Waals surface area (Å²) < 4.78 is 42.4. The molecule has 5 nitrogen and oxygen atoms in total. The highest BCUT2D eigenvalue weighted by molar-refractivity contribution is 9.10. The molecular formula is C19H15BrClF3N4OS. The number of thiophene rings is 1. The lowest BCUT2D eigenvalue weighted by Gasteiger charge is -2.33. The lowest BCUT2D eigenvalue weighted by Crippen LogP contribution is -2.35. The molecule has 0 saturated carbocycles. The van der Waals surface area contributed by atoms with E-state index in [1.165, 1.54) is 11.3 Å². The molecule has 3 aromatic rings. The van der Waals surface area contributed by atoms with Crippen molar-refractivity contribution in [3.8, 4) is 0 Å². The van der Waals surface area contributed by atoms with Gasteiger partial charge in [0.15, 0.2) is 11.7 Å². The third-order valence-corrected chi connectivity index (χ3v) is 7.06. The number of hydrogen-bond donors (Lipinski definition) is 2. The lowest BCUT2D eigenvalue weighted by molar-refractivity contribution is -0.173. The summed E-state index contributed by atoms with van der Waals surface area (Å²) in [5, 5.41) is 12.1. The standard InChI is InChI=1S/C19H15BrClF3N4OS/c1-9-10(21)4-2-5-11(9)26-18(29)16-15(20)17-25-12(13-6-3-7-30-13)8-14(19(22,23)24)28(17)27-16/h2-7,12,14,25H,8H2,1H3,(H,26,29)/t12-,14-/m1/s1. The van der Waals surface area contributed by atoms with Crippen molar-refractivity contribution in [1.29, 1.82) is 0 Å². The fraction of sp³-hybridized carbons (Fsp3) is 0.263. The Bertz CT molecular complexity index is 1100. The van der Waals surface area contributed by atoms with Crippen molar-refractivity contribution in [1.82, 2.24) is 9.78 Å². The van der Waals surface area contributed by atoms with Crippen LogP contribution < -0.4 is 10.6 Å². The molecule has 0 spiro atoms. The average Bonchev–Trinajstić information content (AvgIpc) is 3.32. The van der Waals surface area contributed by atoms with Crippen LogP contribution in [0.1, 0.15) is 39.4 Å². The van der Waals surface area contributed by atoms with Crippen LogP contribution in [0.4, 0.5) is 24.7 Å². The van der Waals surface area contributed by atoms with Gasteiger partial charge in [0.05, 0.1) is 10.5 Å². The number of carbonyl (C=O) groups excluding carboxylic acids is 1. The number of amides is 1. The van der Waals surface area contributed by atoms with E-state index in [-0.39, 0.29) is 22.4 Å². The van der Waals surface area contributed by atoms with Gasteiger partial charge in [0.1, 0.15) is 5.82 Å². The quantitative estimate of drug-likeness (QED) is 0.411. The number of rotatable bonds is 3. The van der Waals surface area contributed by atoms with E-state index in [1.54, 1.807) is 37.3 Å². The van der Waals surface area contributed by atoms with Gasteiger partial charge in [-0.1, -0.05) is 23.7 Å². The van der Waals surface area contributed by atoms with E-state index in [1.807, 2.05) is 5.38 Å². The third kappa shape index (κ3) is 3.83. The van der Waals surface area contributed by atoms with Crippen LogP contribution in [0.3, 0.4) is 0 Å². The number of nitrogens with one attached hydrogen (secondary N) is 2. The third-order valence-electron chi connectivity index (χ3n) is 4.91. The number of carbonyl (C=O) groups is 1. The first-order valence-corrected chi connectivity index (χ1v) is 10.9. The Labute approximate surface area is 187 Å². The van der Waals surface area contributed by atoms with Gasteiger partial charge in [-0.05, 0) is 52.0 Å². The van der Waals surface area contributed by atoms with Crippen molar-refractivity contribution in [3.63, 3.8) is 0 Å². The van der Waals surface area contributed by atoms with E-state index >= 15 is 0 Å². The fourth-order valence-electron chi connectivity index (χ4n) is 3.34. The second-order valence-electron chi connectivity index (χ2n) is 6.83. The van der Waals surface area contributed by atoms with Crippen LogP contribution in [-0.2, 0) is 0 Å². The molecule has 2 atom stereocenters. The summed E-state index contributed by atoms with van der Waals surface area (Å²) in [6.07, 6.45) is -4.74. The minimum absolute atomic E-state index is 0.120. The first-order chi connectivity index (χ1) is 14.2. The minimum Gasteiger partial charge on any atom is -0.362 e. The van der Waals surface area contributed by atoms with Gasteiger partial charge < -0.3 is 10.6 Å². The summed E-state index contributed by atoms with van der Waals surface area (Å²) in [6.45, 7) is 1.73. The zero-order valence-electron chi connectivity index (χ0n) is 15.4. The second kappa shape index (κ2) is 7.90. The summed E-state index contributed by atoms with van der Waals surface area (Å²) in [7, 11) is 0. The Kier molecular flexibility index (Phi) is 5.58. The molecule has 1 aliphatic heterocycles. The predicted molar refractivity (Wildman–Crippen MR) is 114 cm³/mol. The van der Waals surface area contributed by atoms with Gasteiger partial charge >= 0.3 is 6.18 Å². The molecule has 30 heavy (non-hydrogen) atoms. The van der Waals surface area contributed by atoms with Gasteiger partial charge in [-0.3, -0.25) is 4.79 Å². The number of halogens is 5. The molecule has 0 aliphatic carbocycles. The molecule has 158 valence electrons. The number of aromatic nitrogens is 2. The van der Waals surface area contributed by atoms with E-state index in [4.69, 9.17) is 11.6 Å². The molecule has 11 heteroatoms. The van der Waals surface area contributed by atoms with Crippen LogP contribution in [0.2, 0.25) is 5.02 Å². The summed E-state index contributed by atoms with van der Waals surface area (Å²) in [5.41, 5.74) is 0.969. The van der Waals surface area contributed by atoms with Gasteiger partial charge in [-0.15, -0.1) is 11.3 Å². The number of benzene rings is 1. The van der Waals surface area contributed by atoms with Crippen LogP contribution in [0, 0.1) is 6.92 Å². The molecule has 3 heterocycles. The summed E-state index contributed by atoms with van der Waals surface area (Å²) in [6, 6.07) is 6.19.